The Morgan fingerprint density at radius 2 is 2.06 bits per heavy atom. The van der Waals surface area contributed by atoms with Gasteiger partial charge in [0, 0.05) is 17.1 Å². The Morgan fingerprint density at radius 1 is 1.28 bits per heavy atom. The maximum absolute atomic E-state index is 4.67. The van der Waals surface area contributed by atoms with Crippen molar-refractivity contribution < 1.29 is 0 Å². The van der Waals surface area contributed by atoms with Gasteiger partial charge in [-0.2, -0.15) is 0 Å². The van der Waals surface area contributed by atoms with Gasteiger partial charge in [-0.25, -0.2) is 4.98 Å². The van der Waals surface area contributed by atoms with E-state index in [0.29, 0.717) is 6.04 Å². The topological polar surface area (TPSA) is 24.9 Å². The van der Waals surface area contributed by atoms with Crippen LogP contribution in [0.25, 0.3) is 0 Å². The Bertz CT molecular complexity index is 543. The van der Waals surface area contributed by atoms with E-state index in [4.69, 9.17) is 0 Å². The molecule has 0 radical (unpaired) electrons. The first-order valence-electron chi connectivity index (χ1n) is 6.47. The van der Waals surface area contributed by atoms with E-state index in [9.17, 15) is 0 Å². The van der Waals surface area contributed by atoms with Crippen molar-refractivity contribution in [3.8, 4) is 0 Å². The van der Waals surface area contributed by atoms with Crippen molar-refractivity contribution in [2.75, 3.05) is 0 Å². The monoisotopic (exact) mass is 258 g/mol. The third-order valence-corrected chi connectivity index (χ3v) is 4.39. The summed E-state index contributed by atoms with van der Waals surface area (Å²) in [5.41, 5.74) is 3.81. The molecule has 18 heavy (non-hydrogen) atoms. The predicted octanol–water partition coefficient (Wildman–Crippen LogP) is 3.60. The lowest BCUT2D eigenvalue weighted by Crippen LogP contribution is -2.25. The van der Waals surface area contributed by atoms with Crippen molar-refractivity contribution in [3.05, 3.63) is 51.5 Å². The predicted molar refractivity (Wildman–Crippen MR) is 76.0 cm³/mol. The van der Waals surface area contributed by atoms with Crippen LogP contribution in [0.3, 0.4) is 0 Å². The molecule has 1 atom stereocenters. The lowest BCUT2D eigenvalue weighted by atomic mass is 10.0. The maximum Gasteiger partial charge on any atom is 0.114 e. The highest BCUT2D eigenvalue weighted by Gasteiger charge is 2.28. The molecule has 1 aromatic heterocycles. The summed E-state index contributed by atoms with van der Waals surface area (Å²) >= 11 is 1.76. The molecule has 3 heteroatoms. The second-order valence-corrected chi connectivity index (χ2v) is 5.95. The molecule has 2 nitrogen and oxygen atoms in total. The van der Waals surface area contributed by atoms with E-state index in [0.717, 1.165) is 5.69 Å². The number of benzene rings is 1. The van der Waals surface area contributed by atoms with Crippen LogP contribution in [0.2, 0.25) is 0 Å². The Hall–Kier alpha value is -1.19. The number of rotatable bonds is 4. The average molecular weight is 258 g/mol. The molecule has 2 aromatic rings. The normalized spacial score (nSPS) is 16.8. The number of nitrogens with zero attached hydrogens (tertiary/aromatic N) is 1. The molecule has 1 unspecified atom stereocenters. The van der Waals surface area contributed by atoms with E-state index >= 15 is 0 Å². The maximum atomic E-state index is 4.67. The molecule has 1 aromatic carbocycles. The summed E-state index contributed by atoms with van der Waals surface area (Å²) in [5, 5.41) is 7.05. The lowest BCUT2D eigenvalue weighted by Gasteiger charge is -2.18. The Morgan fingerprint density at radius 3 is 2.67 bits per heavy atom. The average Bonchev–Trinajstić information content (AvgIpc) is 3.08. The van der Waals surface area contributed by atoms with Crippen molar-refractivity contribution in [3.63, 3.8) is 0 Å². The molecule has 1 aliphatic carbocycles. The molecule has 0 bridgehead atoms. The summed E-state index contributed by atoms with van der Waals surface area (Å²) in [6, 6.07) is 9.55. The van der Waals surface area contributed by atoms with Crippen LogP contribution >= 0.6 is 11.3 Å². The van der Waals surface area contributed by atoms with Crippen molar-refractivity contribution in [1.29, 1.82) is 0 Å². The first-order valence-corrected chi connectivity index (χ1v) is 7.35. The van der Waals surface area contributed by atoms with Crippen molar-refractivity contribution in [2.45, 2.75) is 38.8 Å². The van der Waals surface area contributed by atoms with E-state index < -0.39 is 0 Å². The summed E-state index contributed by atoms with van der Waals surface area (Å²) in [5.74, 6) is 0. The van der Waals surface area contributed by atoms with Crippen LogP contribution in [0.4, 0.5) is 0 Å². The third-order valence-electron chi connectivity index (χ3n) is 3.36. The van der Waals surface area contributed by atoms with E-state index in [1.54, 1.807) is 11.3 Å². The van der Waals surface area contributed by atoms with Gasteiger partial charge in [-0.05, 0) is 37.8 Å². The Kier molecular flexibility index (Phi) is 3.18. The second kappa shape index (κ2) is 4.82. The minimum Gasteiger partial charge on any atom is -0.301 e. The molecule has 0 amide bonds. The highest BCUT2D eigenvalue weighted by Crippen LogP contribution is 2.31. The van der Waals surface area contributed by atoms with Gasteiger partial charge in [0.2, 0.25) is 0 Å². The Labute approximate surface area is 112 Å². The van der Waals surface area contributed by atoms with Crippen LogP contribution in [0, 0.1) is 13.8 Å². The fraction of sp³-hybridized carbons (Fsp3) is 0.400. The van der Waals surface area contributed by atoms with Gasteiger partial charge in [-0.3, -0.25) is 0 Å². The van der Waals surface area contributed by atoms with Crippen molar-refractivity contribution >= 4 is 11.3 Å². The summed E-state index contributed by atoms with van der Waals surface area (Å²) in [6.07, 6.45) is 2.60. The third kappa shape index (κ3) is 2.47. The van der Waals surface area contributed by atoms with E-state index in [1.165, 1.54) is 29.0 Å². The number of aryl methyl sites for hydroxylation is 2. The van der Waals surface area contributed by atoms with Crippen molar-refractivity contribution in [1.82, 2.24) is 10.3 Å². The van der Waals surface area contributed by atoms with Gasteiger partial charge in [0.25, 0.3) is 0 Å². The molecule has 1 saturated carbocycles. The van der Waals surface area contributed by atoms with Gasteiger partial charge in [-0.15, -0.1) is 11.3 Å². The lowest BCUT2D eigenvalue weighted by molar-refractivity contribution is 0.595. The first-order chi connectivity index (χ1) is 8.74. The van der Waals surface area contributed by atoms with Crippen LogP contribution in [0.1, 0.15) is 40.7 Å². The standard InChI is InChI=1S/C15H18N2S/c1-10-5-3-4-6-13(10)14(17-12-7-8-12)15-16-11(2)9-18-15/h3-6,9,12,14,17H,7-8H2,1-2H3. The molecule has 1 N–H and O–H groups in total. The summed E-state index contributed by atoms with van der Waals surface area (Å²) in [6.45, 7) is 4.24. The second-order valence-electron chi connectivity index (χ2n) is 5.06. The number of hydrogen-bond acceptors (Lipinski definition) is 3. The highest BCUT2D eigenvalue weighted by atomic mass is 32.1. The van der Waals surface area contributed by atoms with Crippen molar-refractivity contribution in [2.24, 2.45) is 0 Å². The molecule has 1 aliphatic rings. The summed E-state index contributed by atoms with van der Waals surface area (Å²) in [4.78, 5) is 4.67. The van der Waals surface area contributed by atoms with Gasteiger partial charge < -0.3 is 5.32 Å². The van der Waals surface area contributed by atoms with Crippen LogP contribution in [0.5, 0.6) is 0 Å². The largest absolute Gasteiger partial charge is 0.301 e. The van der Waals surface area contributed by atoms with Gasteiger partial charge >= 0.3 is 0 Å². The van der Waals surface area contributed by atoms with Gasteiger partial charge in [-0.1, -0.05) is 24.3 Å². The first kappa shape index (κ1) is 11.9. The summed E-state index contributed by atoms with van der Waals surface area (Å²) in [7, 11) is 0. The van der Waals surface area contributed by atoms with E-state index in [1.807, 2.05) is 0 Å². The molecule has 3 rings (SSSR count). The SMILES string of the molecule is Cc1csc(C(NC2CC2)c2ccccc2C)n1. The fourth-order valence-electron chi connectivity index (χ4n) is 2.20. The van der Waals surface area contributed by atoms with Crippen LogP contribution < -0.4 is 5.32 Å². The van der Waals surface area contributed by atoms with Crippen LogP contribution in [-0.4, -0.2) is 11.0 Å². The minimum atomic E-state index is 0.261. The zero-order valence-corrected chi connectivity index (χ0v) is 11.6. The molecular weight excluding hydrogens is 240 g/mol. The van der Waals surface area contributed by atoms with E-state index in [-0.39, 0.29) is 6.04 Å². The number of aromatic nitrogens is 1. The molecule has 1 heterocycles. The minimum absolute atomic E-state index is 0.261. The molecule has 0 aliphatic heterocycles. The van der Waals surface area contributed by atoms with Gasteiger partial charge in [0.15, 0.2) is 0 Å². The molecular formula is C15H18N2S. The number of thiazole rings is 1. The number of nitrogens with one attached hydrogen (secondary N) is 1. The Balaban J connectivity index is 1.96. The molecule has 94 valence electrons. The zero-order valence-electron chi connectivity index (χ0n) is 10.8. The quantitative estimate of drug-likeness (QED) is 0.906. The number of hydrogen-bond donors (Lipinski definition) is 1. The molecule has 1 fully saturated rings. The molecule has 0 saturated heterocycles. The fourth-order valence-corrected chi connectivity index (χ4v) is 3.07. The van der Waals surface area contributed by atoms with Crippen LogP contribution in [-0.2, 0) is 0 Å². The molecule has 0 spiro atoms. The smallest absolute Gasteiger partial charge is 0.114 e. The van der Waals surface area contributed by atoms with Gasteiger partial charge in [0.05, 0.1) is 6.04 Å². The van der Waals surface area contributed by atoms with E-state index in [2.05, 4.69) is 53.8 Å². The van der Waals surface area contributed by atoms with Gasteiger partial charge in [0.1, 0.15) is 5.01 Å². The van der Waals surface area contributed by atoms with Crippen LogP contribution in [0.15, 0.2) is 29.6 Å². The zero-order chi connectivity index (χ0) is 12.5. The summed E-state index contributed by atoms with van der Waals surface area (Å²) < 4.78 is 0. The highest BCUT2D eigenvalue weighted by molar-refractivity contribution is 7.09.